The van der Waals surface area contributed by atoms with Crippen LogP contribution in [0.25, 0.3) is 0 Å². The van der Waals surface area contributed by atoms with Crippen molar-refractivity contribution >= 4 is 17.4 Å². The van der Waals surface area contributed by atoms with E-state index in [1.165, 1.54) is 16.8 Å². The van der Waals surface area contributed by atoms with E-state index in [4.69, 9.17) is 10.9 Å². The highest BCUT2D eigenvalue weighted by Crippen LogP contribution is 2.11. The number of aromatic nitrogens is 1. The largest absolute Gasteiger partial charge is 0.409 e. The molecule has 0 unspecified atom stereocenters. The van der Waals surface area contributed by atoms with E-state index in [1.807, 2.05) is 0 Å². The molecule has 1 amide bonds. The number of hydrogen-bond acceptors (Lipinski definition) is 4. The van der Waals surface area contributed by atoms with Gasteiger partial charge in [0.25, 0.3) is 11.5 Å². The van der Waals surface area contributed by atoms with Crippen LogP contribution >= 0.6 is 0 Å². The number of oxime groups is 1. The summed E-state index contributed by atoms with van der Waals surface area (Å²) in [5, 5.41) is 14.1. The maximum atomic E-state index is 12.0. The minimum atomic E-state index is -0.385. The van der Waals surface area contributed by atoms with Crippen LogP contribution in [0.4, 0.5) is 5.69 Å². The van der Waals surface area contributed by atoms with Gasteiger partial charge >= 0.3 is 0 Å². The van der Waals surface area contributed by atoms with Gasteiger partial charge < -0.3 is 20.8 Å². The van der Waals surface area contributed by atoms with Gasteiger partial charge in [0.05, 0.1) is 0 Å². The first-order valence-electron chi connectivity index (χ1n) is 6.07. The predicted octanol–water partition coefficient (Wildman–Crippen LogP) is 0.732. The lowest BCUT2D eigenvalue weighted by Gasteiger charge is -2.06. The highest BCUT2D eigenvalue weighted by molar-refractivity contribution is 6.04. The van der Waals surface area contributed by atoms with Gasteiger partial charge in [0.15, 0.2) is 5.84 Å². The van der Waals surface area contributed by atoms with Gasteiger partial charge in [-0.1, -0.05) is 5.16 Å². The van der Waals surface area contributed by atoms with Crippen LogP contribution in [-0.2, 0) is 7.05 Å². The van der Waals surface area contributed by atoms with Crippen LogP contribution in [0.1, 0.15) is 15.9 Å². The van der Waals surface area contributed by atoms with Crippen molar-refractivity contribution < 1.29 is 10.0 Å². The van der Waals surface area contributed by atoms with Gasteiger partial charge in [0.1, 0.15) is 0 Å². The molecule has 0 atom stereocenters. The van der Waals surface area contributed by atoms with E-state index < -0.39 is 0 Å². The summed E-state index contributed by atoms with van der Waals surface area (Å²) < 4.78 is 1.38. The van der Waals surface area contributed by atoms with Crippen molar-refractivity contribution in [3.8, 4) is 0 Å². The summed E-state index contributed by atoms with van der Waals surface area (Å²) in [4.78, 5) is 23.5. The van der Waals surface area contributed by atoms with Crippen molar-refractivity contribution in [3.05, 3.63) is 64.1 Å². The van der Waals surface area contributed by atoms with Crippen LogP contribution in [0, 0.1) is 0 Å². The molecule has 1 aromatic carbocycles. The molecule has 1 heterocycles. The van der Waals surface area contributed by atoms with E-state index in [2.05, 4.69) is 10.5 Å². The number of aryl methyl sites for hydroxylation is 1. The molecule has 0 aliphatic carbocycles. The van der Waals surface area contributed by atoms with Crippen molar-refractivity contribution in [1.29, 1.82) is 0 Å². The van der Waals surface area contributed by atoms with E-state index in [0.717, 1.165) is 0 Å². The number of benzene rings is 1. The number of pyridine rings is 1. The summed E-state index contributed by atoms with van der Waals surface area (Å²) in [7, 11) is 1.61. The number of amidine groups is 1. The molecule has 0 spiro atoms. The van der Waals surface area contributed by atoms with Crippen molar-refractivity contribution in [2.24, 2.45) is 17.9 Å². The molecule has 108 valence electrons. The average Bonchev–Trinajstić information content (AvgIpc) is 2.50. The Morgan fingerprint density at radius 2 is 1.90 bits per heavy atom. The van der Waals surface area contributed by atoms with Crippen LogP contribution in [0.3, 0.4) is 0 Å². The third-order valence-corrected chi connectivity index (χ3v) is 2.91. The standard InChI is InChI=1S/C14H14N4O3/c1-18-7-6-10(8-12(18)19)14(20)16-11-4-2-9(3-5-11)13(15)17-21/h2-8,21H,1H3,(H2,15,17)(H,16,20). The van der Waals surface area contributed by atoms with Gasteiger partial charge in [-0.05, 0) is 30.3 Å². The Balaban J connectivity index is 2.16. The summed E-state index contributed by atoms with van der Waals surface area (Å²) in [6, 6.07) is 9.27. The fourth-order valence-electron chi connectivity index (χ4n) is 1.68. The minimum Gasteiger partial charge on any atom is -0.409 e. The predicted molar refractivity (Wildman–Crippen MR) is 78.6 cm³/mol. The minimum absolute atomic E-state index is 0.0144. The van der Waals surface area contributed by atoms with E-state index in [0.29, 0.717) is 11.3 Å². The Morgan fingerprint density at radius 1 is 1.24 bits per heavy atom. The lowest BCUT2D eigenvalue weighted by atomic mass is 10.2. The zero-order valence-corrected chi connectivity index (χ0v) is 11.3. The second kappa shape index (κ2) is 5.91. The molecule has 0 aliphatic rings. The van der Waals surface area contributed by atoms with Crippen molar-refractivity contribution in [2.45, 2.75) is 0 Å². The second-order valence-electron chi connectivity index (χ2n) is 4.38. The monoisotopic (exact) mass is 286 g/mol. The first-order chi connectivity index (χ1) is 10.0. The number of nitrogens with two attached hydrogens (primary N) is 1. The van der Waals surface area contributed by atoms with Crippen LogP contribution in [0.5, 0.6) is 0 Å². The molecule has 1 aromatic heterocycles. The van der Waals surface area contributed by atoms with Gasteiger partial charge in [-0.25, -0.2) is 0 Å². The first-order valence-corrected chi connectivity index (χ1v) is 6.07. The van der Waals surface area contributed by atoms with Gasteiger partial charge in [0.2, 0.25) is 0 Å². The Kier molecular flexibility index (Phi) is 4.03. The molecule has 0 radical (unpaired) electrons. The number of nitrogens with one attached hydrogen (secondary N) is 1. The molecule has 0 saturated heterocycles. The lowest BCUT2D eigenvalue weighted by molar-refractivity contribution is 0.102. The SMILES string of the molecule is Cn1ccc(C(=O)Nc2ccc(/C(N)=N/O)cc2)cc1=O. The molecule has 2 rings (SSSR count). The zero-order chi connectivity index (χ0) is 15.4. The number of carbonyl (C=O) groups excluding carboxylic acids is 1. The summed E-state index contributed by atoms with van der Waals surface area (Å²) in [5.74, 6) is -0.399. The summed E-state index contributed by atoms with van der Waals surface area (Å²) in [6.07, 6.45) is 1.53. The van der Waals surface area contributed by atoms with Crippen molar-refractivity contribution in [2.75, 3.05) is 5.32 Å². The number of rotatable bonds is 3. The van der Waals surface area contributed by atoms with Crippen LogP contribution < -0.4 is 16.6 Å². The first kappa shape index (κ1) is 14.3. The van der Waals surface area contributed by atoms with Crippen LogP contribution in [0.15, 0.2) is 52.5 Å². The third kappa shape index (κ3) is 3.27. The van der Waals surface area contributed by atoms with Gasteiger partial charge in [-0.3, -0.25) is 9.59 Å². The molecule has 0 saturated carbocycles. The molecule has 0 fully saturated rings. The topological polar surface area (TPSA) is 110 Å². The van der Waals surface area contributed by atoms with Crippen molar-refractivity contribution in [1.82, 2.24) is 4.57 Å². The van der Waals surface area contributed by atoms with E-state index >= 15 is 0 Å². The molecular weight excluding hydrogens is 272 g/mol. The van der Waals surface area contributed by atoms with Crippen LogP contribution in [0.2, 0.25) is 0 Å². The molecule has 4 N–H and O–H groups in total. The number of anilines is 1. The van der Waals surface area contributed by atoms with E-state index in [1.54, 1.807) is 37.4 Å². The Hall–Kier alpha value is -3.09. The fraction of sp³-hybridized carbons (Fsp3) is 0.0714. The molecule has 0 bridgehead atoms. The second-order valence-corrected chi connectivity index (χ2v) is 4.38. The van der Waals surface area contributed by atoms with Crippen LogP contribution in [-0.4, -0.2) is 21.5 Å². The molecule has 21 heavy (non-hydrogen) atoms. The number of nitrogens with zero attached hydrogens (tertiary/aromatic N) is 2. The maximum absolute atomic E-state index is 12.0. The quantitative estimate of drug-likeness (QED) is 0.334. The molecular formula is C14H14N4O3. The fourth-order valence-corrected chi connectivity index (χ4v) is 1.68. The summed E-state index contributed by atoms with van der Waals surface area (Å²) in [6.45, 7) is 0. The summed E-state index contributed by atoms with van der Waals surface area (Å²) in [5.41, 5.74) is 6.53. The Morgan fingerprint density at radius 3 is 2.48 bits per heavy atom. The average molecular weight is 286 g/mol. The van der Waals surface area contributed by atoms with Crippen molar-refractivity contribution in [3.63, 3.8) is 0 Å². The Bertz CT molecular complexity index is 748. The maximum Gasteiger partial charge on any atom is 0.255 e. The zero-order valence-electron chi connectivity index (χ0n) is 11.3. The van der Waals surface area contributed by atoms with E-state index in [9.17, 15) is 9.59 Å². The highest BCUT2D eigenvalue weighted by atomic mass is 16.4. The van der Waals surface area contributed by atoms with Gasteiger partial charge in [-0.2, -0.15) is 0 Å². The lowest BCUT2D eigenvalue weighted by Crippen LogP contribution is -2.20. The molecule has 2 aromatic rings. The van der Waals surface area contributed by atoms with E-state index in [-0.39, 0.29) is 22.9 Å². The molecule has 7 nitrogen and oxygen atoms in total. The molecule has 0 aliphatic heterocycles. The smallest absolute Gasteiger partial charge is 0.255 e. The number of amides is 1. The highest BCUT2D eigenvalue weighted by Gasteiger charge is 2.07. The third-order valence-electron chi connectivity index (χ3n) is 2.91. The Labute approximate surface area is 120 Å². The normalized spacial score (nSPS) is 11.2. The van der Waals surface area contributed by atoms with Gasteiger partial charge in [0, 0.05) is 36.1 Å². The number of hydrogen-bond donors (Lipinski definition) is 3. The summed E-state index contributed by atoms with van der Waals surface area (Å²) >= 11 is 0. The van der Waals surface area contributed by atoms with Gasteiger partial charge in [-0.15, -0.1) is 0 Å². The molecule has 7 heteroatoms. The number of carbonyl (C=O) groups is 1.